The Bertz CT molecular complexity index is 896. The zero-order valence-electron chi connectivity index (χ0n) is 14.5. The third-order valence-corrected chi connectivity index (χ3v) is 5.20. The van der Waals surface area contributed by atoms with Crippen LogP contribution in [0.5, 0.6) is 0 Å². The number of aryl methyl sites for hydroxylation is 1. The Hall–Kier alpha value is -2.37. The van der Waals surface area contributed by atoms with E-state index in [1.807, 2.05) is 68.4 Å². The lowest BCUT2D eigenvalue weighted by atomic mass is 10.1. The highest BCUT2D eigenvalue weighted by Gasteiger charge is 2.15. The lowest BCUT2D eigenvalue weighted by molar-refractivity contribution is 0.106. The summed E-state index contributed by atoms with van der Waals surface area (Å²) in [6, 6.07) is 17.3. The Morgan fingerprint density at radius 1 is 1.23 bits per heavy atom. The van der Waals surface area contributed by atoms with Gasteiger partial charge in [-0.15, -0.1) is 11.3 Å². The number of thiophene rings is 1. The number of nitrogens with one attached hydrogen (secondary N) is 1. The summed E-state index contributed by atoms with van der Waals surface area (Å²) >= 11 is 7.63. The molecule has 1 atom stereocenters. The lowest BCUT2D eigenvalue weighted by Gasteiger charge is -2.14. The van der Waals surface area contributed by atoms with Crippen molar-refractivity contribution in [2.45, 2.75) is 26.5 Å². The van der Waals surface area contributed by atoms with Crippen molar-refractivity contribution < 1.29 is 9.53 Å². The minimum Gasteiger partial charge on any atom is -0.442 e. The molecule has 0 aliphatic heterocycles. The fourth-order valence-corrected chi connectivity index (χ4v) is 3.81. The molecule has 0 radical (unpaired) electrons. The molecule has 134 valence electrons. The number of hydrogen-bond acceptors (Lipinski definition) is 4. The van der Waals surface area contributed by atoms with Crippen molar-refractivity contribution >= 4 is 29.0 Å². The van der Waals surface area contributed by atoms with Crippen LogP contribution >= 0.6 is 22.9 Å². The standard InChI is InChI=1S/C20H19ClN2O2S/c1-13-7-6-10-17(23-13)19-16(11-18(21)26-19)12-22-20(24)25-14(2)15-8-4-3-5-9-15/h3-11,14H,12H2,1-2H3,(H,22,24)/t14-/m1/s1. The number of aromatic nitrogens is 1. The minimum absolute atomic E-state index is 0.319. The van der Waals surface area contributed by atoms with Crippen LogP contribution in [0.4, 0.5) is 4.79 Å². The number of alkyl carbamates (subject to hydrolysis) is 1. The Balaban J connectivity index is 1.66. The highest BCUT2D eigenvalue weighted by molar-refractivity contribution is 7.19. The third kappa shape index (κ3) is 4.62. The maximum absolute atomic E-state index is 12.1. The van der Waals surface area contributed by atoms with Gasteiger partial charge in [0.15, 0.2) is 0 Å². The van der Waals surface area contributed by atoms with Gasteiger partial charge in [-0.3, -0.25) is 4.98 Å². The second-order valence-electron chi connectivity index (χ2n) is 5.88. The molecule has 0 saturated heterocycles. The second-order valence-corrected chi connectivity index (χ2v) is 7.56. The molecule has 1 N–H and O–H groups in total. The highest BCUT2D eigenvalue weighted by Crippen LogP contribution is 2.34. The summed E-state index contributed by atoms with van der Waals surface area (Å²) in [4.78, 5) is 17.6. The van der Waals surface area contributed by atoms with Crippen LogP contribution in [-0.2, 0) is 11.3 Å². The van der Waals surface area contributed by atoms with Gasteiger partial charge < -0.3 is 10.1 Å². The van der Waals surface area contributed by atoms with Crippen LogP contribution in [0.3, 0.4) is 0 Å². The summed E-state index contributed by atoms with van der Waals surface area (Å²) in [5, 5.41) is 2.80. The smallest absolute Gasteiger partial charge is 0.408 e. The van der Waals surface area contributed by atoms with Crippen LogP contribution in [0.2, 0.25) is 4.34 Å². The summed E-state index contributed by atoms with van der Waals surface area (Å²) < 4.78 is 6.09. The average Bonchev–Trinajstić information content (AvgIpc) is 3.01. The van der Waals surface area contributed by atoms with Gasteiger partial charge in [-0.05, 0) is 43.2 Å². The van der Waals surface area contributed by atoms with Crippen molar-refractivity contribution in [1.29, 1.82) is 0 Å². The van der Waals surface area contributed by atoms with E-state index in [-0.39, 0.29) is 6.10 Å². The Labute approximate surface area is 161 Å². The number of carbonyl (C=O) groups excluding carboxylic acids is 1. The molecular weight excluding hydrogens is 368 g/mol. The number of pyridine rings is 1. The van der Waals surface area contributed by atoms with Crippen LogP contribution in [-0.4, -0.2) is 11.1 Å². The zero-order chi connectivity index (χ0) is 18.5. The first kappa shape index (κ1) is 18.4. The first-order valence-corrected chi connectivity index (χ1v) is 9.44. The fourth-order valence-electron chi connectivity index (χ4n) is 2.57. The molecule has 0 aliphatic rings. The van der Waals surface area contributed by atoms with E-state index < -0.39 is 6.09 Å². The van der Waals surface area contributed by atoms with Crippen LogP contribution in [0.1, 0.15) is 29.8 Å². The predicted molar refractivity (Wildman–Crippen MR) is 105 cm³/mol. The molecule has 6 heteroatoms. The first-order valence-electron chi connectivity index (χ1n) is 8.24. The normalized spacial score (nSPS) is 11.8. The molecule has 3 aromatic rings. The summed E-state index contributed by atoms with van der Waals surface area (Å²) in [5.74, 6) is 0. The second kappa shape index (κ2) is 8.34. The molecule has 0 aliphatic carbocycles. The zero-order valence-corrected chi connectivity index (χ0v) is 16.1. The third-order valence-electron chi connectivity index (χ3n) is 3.88. The van der Waals surface area contributed by atoms with E-state index >= 15 is 0 Å². The molecule has 0 saturated carbocycles. The first-order chi connectivity index (χ1) is 12.5. The van der Waals surface area contributed by atoms with E-state index in [9.17, 15) is 4.79 Å². The maximum atomic E-state index is 12.1. The molecule has 2 aromatic heterocycles. The maximum Gasteiger partial charge on any atom is 0.408 e. The summed E-state index contributed by atoms with van der Waals surface area (Å²) in [7, 11) is 0. The van der Waals surface area contributed by atoms with Crippen molar-refractivity contribution in [3.8, 4) is 10.6 Å². The van der Waals surface area contributed by atoms with Gasteiger partial charge in [0.2, 0.25) is 0 Å². The largest absolute Gasteiger partial charge is 0.442 e. The highest BCUT2D eigenvalue weighted by atomic mass is 35.5. The Kier molecular flexibility index (Phi) is 5.91. The van der Waals surface area contributed by atoms with E-state index in [1.54, 1.807) is 0 Å². The molecule has 1 amide bonds. The van der Waals surface area contributed by atoms with Gasteiger partial charge in [0.25, 0.3) is 0 Å². The number of amides is 1. The monoisotopic (exact) mass is 386 g/mol. The predicted octanol–water partition coefficient (Wildman–Crippen LogP) is 5.76. The van der Waals surface area contributed by atoms with Crippen molar-refractivity contribution in [1.82, 2.24) is 10.3 Å². The number of carbonyl (C=O) groups is 1. The molecule has 0 spiro atoms. The van der Waals surface area contributed by atoms with Gasteiger partial charge >= 0.3 is 6.09 Å². The molecule has 3 rings (SSSR count). The van der Waals surface area contributed by atoms with Gasteiger partial charge in [-0.2, -0.15) is 0 Å². The van der Waals surface area contributed by atoms with Crippen LogP contribution in [0.25, 0.3) is 10.6 Å². The van der Waals surface area contributed by atoms with Crippen LogP contribution < -0.4 is 5.32 Å². The summed E-state index contributed by atoms with van der Waals surface area (Å²) in [5.41, 5.74) is 3.65. The number of halogens is 1. The van der Waals surface area contributed by atoms with Crippen molar-refractivity contribution in [3.63, 3.8) is 0 Å². The van der Waals surface area contributed by atoms with Crippen molar-refractivity contribution in [2.24, 2.45) is 0 Å². The van der Waals surface area contributed by atoms with E-state index in [0.29, 0.717) is 10.9 Å². The quantitative estimate of drug-likeness (QED) is 0.606. The molecule has 2 heterocycles. The van der Waals surface area contributed by atoms with Crippen LogP contribution in [0, 0.1) is 6.92 Å². The number of ether oxygens (including phenoxy) is 1. The topological polar surface area (TPSA) is 51.2 Å². The average molecular weight is 387 g/mol. The van der Waals surface area contributed by atoms with Crippen molar-refractivity contribution in [3.05, 3.63) is 75.8 Å². The number of hydrogen-bond donors (Lipinski definition) is 1. The van der Waals surface area contributed by atoms with Gasteiger partial charge in [0, 0.05) is 12.2 Å². The number of nitrogens with zero attached hydrogens (tertiary/aromatic N) is 1. The summed E-state index contributed by atoms with van der Waals surface area (Å²) in [6.45, 7) is 4.12. The van der Waals surface area contributed by atoms with Crippen molar-refractivity contribution in [2.75, 3.05) is 0 Å². The minimum atomic E-state index is -0.466. The lowest BCUT2D eigenvalue weighted by Crippen LogP contribution is -2.25. The van der Waals surface area contributed by atoms with Gasteiger partial charge in [0.1, 0.15) is 6.10 Å². The molecule has 0 fully saturated rings. The number of benzene rings is 1. The van der Waals surface area contributed by atoms with E-state index in [0.717, 1.165) is 27.4 Å². The van der Waals surface area contributed by atoms with E-state index in [1.165, 1.54) is 11.3 Å². The Morgan fingerprint density at radius 3 is 2.73 bits per heavy atom. The van der Waals surface area contributed by atoms with E-state index in [2.05, 4.69) is 10.3 Å². The van der Waals surface area contributed by atoms with E-state index in [4.69, 9.17) is 16.3 Å². The fraction of sp³-hybridized carbons (Fsp3) is 0.200. The van der Waals surface area contributed by atoms with Gasteiger partial charge in [0.05, 0.1) is 14.9 Å². The molecular formula is C20H19ClN2O2S. The molecule has 4 nitrogen and oxygen atoms in total. The molecule has 0 bridgehead atoms. The number of rotatable bonds is 5. The Morgan fingerprint density at radius 2 is 2.00 bits per heavy atom. The van der Waals surface area contributed by atoms with Crippen LogP contribution in [0.15, 0.2) is 54.6 Å². The molecule has 1 aromatic carbocycles. The SMILES string of the molecule is Cc1cccc(-c2sc(Cl)cc2CNC(=O)O[C@H](C)c2ccccc2)n1. The van der Waals surface area contributed by atoms with Gasteiger partial charge in [-0.25, -0.2) is 4.79 Å². The molecule has 0 unspecified atom stereocenters. The summed E-state index contributed by atoms with van der Waals surface area (Å²) in [6.07, 6.45) is -0.785. The van der Waals surface area contributed by atoms with Gasteiger partial charge in [-0.1, -0.05) is 48.0 Å². The molecule has 26 heavy (non-hydrogen) atoms.